The predicted molar refractivity (Wildman–Crippen MR) is 94.9 cm³/mol. The third-order valence-corrected chi connectivity index (χ3v) is 4.70. The van der Waals surface area contributed by atoms with Crippen molar-refractivity contribution in [3.63, 3.8) is 0 Å². The number of nitrogens with one attached hydrogen (secondary N) is 1. The Balaban J connectivity index is 2.28. The average Bonchev–Trinajstić information content (AvgIpc) is 2.55. The summed E-state index contributed by atoms with van der Waals surface area (Å²) < 4.78 is 30.6. The first-order chi connectivity index (χ1) is 11.3. The lowest BCUT2D eigenvalue weighted by molar-refractivity contribution is -0.116. The molecule has 24 heavy (non-hydrogen) atoms. The van der Waals surface area contributed by atoms with Crippen molar-refractivity contribution < 1.29 is 17.9 Å². The molecule has 0 aliphatic carbocycles. The van der Waals surface area contributed by atoms with E-state index in [9.17, 15) is 13.2 Å². The quantitative estimate of drug-likeness (QED) is 0.870. The number of amides is 1. The van der Waals surface area contributed by atoms with E-state index in [1.54, 1.807) is 55.5 Å². The van der Waals surface area contributed by atoms with Crippen molar-refractivity contribution in [2.24, 2.45) is 0 Å². The van der Waals surface area contributed by atoms with Crippen molar-refractivity contribution in [3.8, 4) is 5.75 Å². The summed E-state index contributed by atoms with van der Waals surface area (Å²) in [5, 5.41) is 2.72. The molecule has 0 saturated heterocycles. The van der Waals surface area contributed by atoms with E-state index in [-0.39, 0.29) is 0 Å². The zero-order valence-corrected chi connectivity index (χ0v) is 14.6. The third kappa shape index (κ3) is 4.26. The maximum atomic E-state index is 12.5. The Morgan fingerprint density at radius 2 is 1.67 bits per heavy atom. The fourth-order valence-electron chi connectivity index (χ4n) is 2.31. The van der Waals surface area contributed by atoms with Crippen LogP contribution in [-0.4, -0.2) is 33.7 Å². The summed E-state index contributed by atoms with van der Waals surface area (Å²) in [6.07, 6.45) is 1.07. The van der Waals surface area contributed by atoms with Crippen LogP contribution in [0.1, 0.15) is 6.92 Å². The van der Waals surface area contributed by atoms with Gasteiger partial charge in [0.15, 0.2) is 0 Å². The number of ether oxygens (including phenoxy) is 1. The van der Waals surface area contributed by atoms with Gasteiger partial charge in [0.05, 0.1) is 19.1 Å². The van der Waals surface area contributed by atoms with E-state index in [0.29, 0.717) is 17.1 Å². The molecule has 0 heterocycles. The lowest BCUT2D eigenvalue weighted by atomic mass is 10.2. The fraction of sp³-hybridized carbons (Fsp3) is 0.235. The first-order valence-corrected chi connectivity index (χ1v) is 9.17. The molecule has 1 N–H and O–H groups in total. The maximum Gasteiger partial charge on any atom is 0.247 e. The number of hydrogen-bond acceptors (Lipinski definition) is 4. The highest BCUT2D eigenvalue weighted by atomic mass is 32.2. The second-order valence-corrected chi connectivity index (χ2v) is 7.15. The van der Waals surface area contributed by atoms with Gasteiger partial charge in [0, 0.05) is 5.69 Å². The number of sulfonamides is 1. The van der Waals surface area contributed by atoms with Gasteiger partial charge in [-0.2, -0.15) is 0 Å². The predicted octanol–water partition coefficient (Wildman–Crippen LogP) is 2.49. The molecule has 0 spiro atoms. The number of hydrogen-bond donors (Lipinski definition) is 1. The van der Waals surface area contributed by atoms with Gasteiger partial charge >= 0.3 is 0 Å². The molecule has 0 bridgehead atoms. The van der Waals surface area contributed by atoms with Gasteiger partial charge in [0.25, 0.3) is 0 Å². The highest BCUT2D eigenvalue weighted by molar-refractivity contribution is 7.92. The van der Waals surface area contributed by atoms with E-state index < -0.39 is 22.0 Å². The minimum Gasteiger partial charge on any atom is -0.497 e. The van der Waals surface area contributed by atoms with Gasteiger partial charge < -0.3 is 10.1 Å². The second-order valence-electron chi connectivity index (χ2n) is 5.29. The van der Waals surface area contributed by atoms with Crippen LogP contribution in [0.5, 0.6) is 5.75 Å². The molecule has 0 unspecified atom stereocenters. The van der Waals surface area contributed by atoms with Gasteiger partial charge in [-0.3, -0.25) is 9.10 Å². The van der Waals surface area contributed by atoms with E-state index >= 15 is 0 Å². The molecule has 0 aliphatic heterocycles. The maximum absolute atomic E-state index is 12.5. The molecule has 1 amide bonds. The summed E-state index contributed by atoms with van der Waals surface area (Å²) in [6.45, 7) is 1.55. The van der Waals surface area contributed by atoms with Gasteiger partial charge in [-0.15, -0.1) is 0 Å². The zero-order valence-electron chi connectivity index (χ0n) is 13.8. The monoisotopic (exact) mass is 348 g/mol. The van der Waals surface area contributed by atoms with Gasteiger partial charge in [-0.25, -0.2) is 8.42 Å². The molecule has 7 heteroatoms. The topological polar surface area (TPSA) is 75.7 Å². The molecule has 128 valence electrons. The molecular formula is C17H20N2O4S. The van der Waals surface area contributed by atoms with Gasteiger partial charge in [-0.05, 0) is 43.3 Å². The summed E-state index contributed by atoms with van der Waals surface area (Å²) in [5.74, 6) is 0.191. The van der Waals surface area contributed by atoms with Gasteiger partial charge in [0.1, 0.15) is 11.8 Å². The molecule has 2 aromatic rings. The van der Waals surface area contributed by atoms with Crippen molar-refractivity contribution in [2.45, 2.75) is 13.0 Å². The third-order valence-electron chi connectivity index (χ3n) is 3.46. The first kappa shape index (κ1) is 17.8. The second kappa shape index (κ2) is 7.35. The normalized spacial score (nSPS) is 12.3. The van der Waals surface area contributed by atoms with Crippen LogP contribution in [0, 0.1) is 0 Å². The minimum absolute atomic E-state index is 0.397. The number of benzene rings is 2. The Morgan fingerprint density at radius 3 is 2.17 bits per heavy atom. The Hall–Kier alpha value is -2.54. The summed E-state index contributed by atoms with van der Waals surface area (Å²) in [6, 6.07) is 14.5. The van der Waals surface area contributed by atoms with E-state index in [2.05, 4.69) is 5.32 Å². The smallest absolute Gasteiger partial charge is 0.247 e. The summed E-state index contributed by atoms with van der Waals surface area (Å²) >= 11 is 0. The van der Waals surface area contributed by atoms with Crippen LogP contribution in [0.3, 0.4) is 0 Å². The molecule has 2 aromatic carbocycles. The Labute approximate surface area is 142 Å². The van der Waals surface area contributed by atoms with E-state index in [1.807, 2.05) is 6.07 Å². The minimum atomic E-state index is -3.64. The number of nitrogens with zero attached hydrogens (tertiary/aromatic N) is 1. The average molecular weight is 348 g/mol. The summed E-state index contributed by atoms with van der Waals surface area (Å²) in [4.78, 5) is 12.5. The molecule has 0 aliphatic rings. The fourth-order valence-corrected chi connectivity index (χ4v) is 3.48. The summed E-state index contributed by atoms with van der Waals surface area (Å²) in [5.41, 5.74) is 1.01. The highest BCUT2D eigenvalue weighted by Crippen LogP contribution is 2.24. The van der Waals surface area contributed by atoms with Gasteiger partial charge in [-0.1, -0.05) is 18.2 Å². The Kier molecular flexibility index (Phi) is 5.46. The van der Waals surface area contributed by atoms with E-state index in [1.165, 1.54) is 7.11 Å². The number of carbonyl (C=O) groups is 1. The van der Waals surface area contributed by atoms with Crippen LogP contribution >= 0.6 is 0 Å². The molecule has 0 saturated carbocycles. The van der Waals surface area contributed by atoms with E-state index in [0.717, 1.165) is 10.6 Å². The number of anilines is 2. The number of para-hydroxylation sites is 1. The molecule has 2 rings (SSSR count). The molecular weight excluding hydrogens is 328 g/mol. The molecule has 0 fully saturated rings. The molecule has 0 radical (unpaired) electrons. The van der Waals surface area contributed by atoms with Crippen LogP contribution in [0.25, 0.3) is 0 Å². The van der Waals surface area contributed by atoms with Crippen molar-refractivity contribution in [3.05, 3.63) is 54.6 Å². The van der Waals surface area contributed by atoms with Crippen LogP contribution in [0.15, 0.2) is 54.6 Å². The number of methoxy groups -OCH3 is 1. The van der Waals surface area contributed by atoms with Crippen molar-refractivity contribution >= 4 is 27.3 Å². The number of carbonyl (C=O) groups excluding carboxylic acids is 1. The van der Waals surface area contributed by atoms with Crippen LogP contribution in [-0.2, 0) is 14.8 Å². The standard InChI is InChI=1S/C17H20N2O4S/c1-13(17(20)18-14-7-5-4-6-8-14)19(24(3,21)22)15-9-11-16(23-2)12-10-15/h4-13H,1-3H3,(H,18,20)/t13-/m0/s1. The number of rotatable bonds is 6. The SMILES string of the molecule is COc1ccc(N([C@@H](C)C(=O)Nc2ccccc2)S(C)(=O)=O)cc1. The van der Waals surface area contributed by atoms with Crippen LogP contribution in [0.2, 0.25) is 0 Å². The van der Waals surface area contributed by atoms with Crippen molar-refractivity contribution in [2.75, 3.05) is 23.0 Å². The van der Waals surface area contributed by atoms with Crippen LogP contribution in [0.4, 0.5) is 11.4 Å². The van der Waals surface area contributed by atoms with Gasteiger partial charge in [0.2, 0.25) is 15.9 Å². The van der Waals surface area contributed by atoms with Crippen LogP contribution < -0.4 is 14.4 Å². The largest absolute Gasteiger partial charge is 0.497 e. The lowest BCUT2D eigenvalue weighted by Gasteiger charge is -2.28. The van der Waals surface area contributed by atoms with Crippen molar-refractivity contribution in [1.29, 1.82) is 0 Å². The molecule has 1 atom stereocenters. The summed E-state index contributed by atoms with van der Waals surface area (Å²) in [7, 11) is -2.12. The Bertz CT molecular complexity index is 789. The zero-order chi connectivity index (χ0) is 17.7. The Morgan fingerprint density at radius 1 is 1.08 bits per heavy atom. The molecule has 0 aromatic heterocycles. The van der Waals surface area contributed by atoms with E-state index in [4.69, 9.17) is 4.74 Å². The highest BCUT2D eigenvalue weighted by Gasteiger charge is 2.29. The van der Waals surface area contributed by atoms with Crippen molar-refractivity contribution in [1.82, 2.24) is 0 Å². The lowest BCUT2D eigenvalue weighted by Crippen LogP contribution is -2.45. The first-order valence-electron chi connectivity index (χ1n) is 7.32. The molecule has 6 nitrogen and oxygen atoms in total.